The normalized spacial score (nSPS) is 14.3. The Morgan fingerprint density at radius 1 is 1.25 bits per heavy atom. The minimum absolute atomic E-state index is 0.208. The van der Waals surface area contributed by atoms with Crippen LogP contribution in [0.3, 0.4) is 0 Å². The Balaban J connectivity index is 2.30. The number of carboxylic acid groups (broad SMARTS) is 1. The van der Waals surface area contributed by atoms with Crippen LogP contribution in [0.25, 0.3) is 10.9 Å². The van der Waals surface area contributed by atoms with E-state index in [0.717, 1.165) is 37.1 Å². The predicted octanol–water partition coefficient (Wildman–Crippen LogP) is 2.72. The van der Waals surface area contributed by atoms with E-state index in [0.29, 0.717) is 24.3 Å². The molecule has 0 spiro atoms. The second-order valence-electron chi connectivity index (χ2n) is 5.93. The fourth-order valence-electron chi connectivity index (χ4n) is 3.30. The van der Waals surface area contributed by atoms with Gasteiger partial charge in [0, 0.05) is 25.8 Å². The standard InChI is InChI=1S/C18H22N2O4/c1-3-19-11-13(18(22)23)17(21)12-9-16(24-4-2)15(10-14(12)19)20-7-5-6-8-20/h9-11H,3-8H2,1-2H3,(H,22,23). The molecule has 1 fully saturated rings. The third-order valence-electron chi connectivity index (χ3n) is 4.48. The van der Waals surface area contributed by atoms with E-state index in [1.54, 1.807) is 6.07 Å². The van der Waals surface area contributed by atoms with Crippen molar-refractivity contribution in [3.05, 3.63) is 34.1 Å². The highest BCUT2D eigenvalue weighted by atomic mass is 16.5. The molecule has 0 unspecified atom stereocenters. The van der Waals surface area contributed by atoms with E-state index in [4.69, 9.17) is 4.74 Å². The van der Waals surface area contributed by atoms with Gasteiger partial charge in [0.05, 0.1) is 23.2 Å². The van der Waals surface area contributed by atoms with Crippen LogP contribution in [0.15, 0.2) is 23.1 Å². The second-order valence-corrected chi connectivity index (χ2v) is 5.93. The second kappa shape index (κ2) is 6.55. The van der Waals surface area contributed by atoms with Gasteiger partial charge in [-0.2, -0.15) is 0 Å². The number of aryl methyl sites for hydroxylation is 1. The van der Waals surface area contributed by atoms with Crippen LogP contribution < -0.4 is 15.1 Å². The monoisotopic (exact) mass is 330 g/mol. The Morgan fingerprint density at radius 3 is 2.54 bits per heavy atom. The fourth-order valence-corrected chi connectivity index (χ4v) is 3.30. The largest absolute Gasteiger partial charge is 0.492 e. The zero-order valence-corrected chi connectivity index (χ0v) is 14.0. The van der Waals surface area contributed by atoms with Crippen molar-refractivity contribution in [3.8, 4) is 5.75 Å². The van der Waals surface area contributed by atoms with Crippen molar-refractivity contribution in [2.75, 3.05) is 24.6 Å². The number of nitrogens with zero attached hydrogens (tertiary/aromatic N) is 2. The quantitative estimate of drug-likeness (QED) is 0.912. The van der Waals surface area contributed by atoms with E-state index in [-0.39, 0.29) is 5.56 Å². The Morgan fingerprint density at radius 2 is 1.96 bits per heavy atom. The van der Waals surface area contributed by atoms with Gasteiger partial charge in [-0.05, 0) is 38.8 Å². The first kappa shape index (κ1) is 16.4. The predicted molar refractivity (Wildman–Crippen MR) is 93.5 cm³/mol. The Hall–Kier alpha value is -2.50. The molecule has 24 heavy (non-hydrogen) atoms. The van der Waals surface area contributed by atoms with Gasteiger partial charge in [0.1, 0.15) is 11.3 Å². The van der Waals surface area contributed by atoms with Crippen LogP contribution in [-0.2, 0) is 6.54 Å². The van der Waals surface area contributed by atoms with E-state index in [9.17, 15) is 14.7 Å². The lowest BCUT2D eigenvalue weighted by molar-refractivity contribution is 0.0695. The first-order chi connectivity index (χ1) is 11.6. The van der Waals surface area contributed by atoms with E-state index in [1.807, 2.05) is 24.5 Å². The molecule has 1 aliphatic rings. The molecule has 1 N–H and O–H groups in total. The molecule has 128 valence electrons. The lowest BCUT2D eigenvalue weighted by Crippen LogP contribution is -2.21. The summed E-state index contributed by atoms with van der Waals surface area (Å²) in [6.45, 7) is 6.85. The van der Waals surface area contributed by atoms with Crippen molar-refractivity contribution in [1.29, 1.82) is 0 Å². The van der Waals surface area contributed by atoms with Crippen molar-refractivity contribution in [1.82, 2.24) is 4.57 Å². The van der Waals surface area contributed by atoms with Crippen molar-refractivity contribution < 1.29 is 14.6 Å². The first-order valence-electron chi connectivity index (χ1n) is 8.39. The molecule has 0 saturated carbocycles. The molecule has 0 aliphatic carbocycles. The van der Waals surface area contributed by atoms with E-state index < -0.39 is 11.4 Å². The molecule has 1 aliphatic heterocycles. The number of ether oxygens (including phenoxy) is 1. The third-order valence-corrected chi connectivity index (χ3v) is 4.48. The van der Waals surface area contributed by atoms with Gasteiger partial charge in [-0.25, -0.2) is 4.79 Å². The van der Waals surface area contributed by atoms with Gasteiger partial charge < -0.3 is 19.3 Å². The van der Waals surface area contributed by atoms with Gasteiger partial charge >= 0.3 is 5.97 Å². The molecule has 6 heteroatoms. The highest BCUT2D eigenvalue weighted by Crippen LogP contribution is 2.34. The lowest BCUT2D eigenvalue weighted by Gasteiger charge is -2.23. The number of benzene rings is 1. The average molecular weight is 330 g/mol. The van der Waals surface area contributed by atoms with Crippen LogP contribution in [0.4, 0.5) is 5.69 Å². The Kier molecular flexibility index (Phi) is 4.46. The van der Waals surface area contributed by atoms with Crippen LogP contribution in [-0.4, -0.2) is 35.3 Å². The fraction of sp³-hybridized carbons (Fsp3) is 0.444. The number of fused-ring (bicyclic) bond motifs is 1. The molecule has 0 bridgehead atoms. The molecule has 1 aromatic heterocycles. The number of pyridine rings is 1. The Bertz CT molecular complexity index is 835. The van der Waals surface area contributed by atoms with Crippen LogP contribution >= 0.6 is 0 Å². The number of aromatic carboxylic acids is 1. The van der Waals surface area contributed by atoms with Gasteiger partial charge in [0.25, 0.3) is 0 Å². The topological polar surface area (TPSA) is 71.8 Å². The molecular formula is C18H22N2O4. The summed E-state index contributed by atoms with van der Waals surface area (Å²) in [5.41, 5.74) is 1.06. The maximum atomic E-state index is 12.6. The summed E-state index contributed by atoms with van der Waals surface area (Å²) in [5.74, 6) is -0.556. The van der Waals surface area contributed by atoms with Gasteiger partial charge in [0.15, 0.2) is 0 Å². The molecule has 6 nitrogen and oxygen atoms in total. The van der Waals surface area contributed by atoms with Crippen molar-refractivity contribution in [3.63, 3.8) is 0 Å². The van der Waals surface area contributed by atoms with Gasteiger partial charge in [-0.15, -0.1) is 0 Å². The van der Waals surface area contributed by atoms with Crippen LogP contribution in [0.2, 0.25) is 0 Å². The minimum Gasteiger partial charge on any atom is -0.492 e. The van der Waals surface area contributed by atoms with Gasteiger partial charge in [-0.1, -0.05) is 0 Å². The molecule has 2 heterocycles. The molecule has 2 aromatic rings. The number of hydrogen-bond donors (Lipinski definition) is 1. The number of aromatic nitrogens is 1. The average Bonchev–Trinajstić information content (AvgIpc) is 3.09. The zero-order chi connectivity index (χ0) is 17.3. The van der Waals surface area contributed by atoms with Crippen molar-refractivity contribution in [2.24, 2.45) is 0 Å². The maximum Gasteiger partial charge on any atom is 0.341 e. The number of anilines is 1. The van der Waals surface area contributed by atoms with E-state index in [1.165, 1.54) is 6.20 Å². The number of carboxylic acids is 1. The summed E-state index contributed by atoms with van der Waals surface area (Å²) in [6.07, 6.45) is 3.71. The highest BCUT2D eigenvalue weighted by Gasteiger charge is 2.21. The summed E-state index contributed by atoms with van der Waals surface area (Å²) < 4.78 is 7.56. The molecule has 3 rings (SSSR count). The zero-order valence-electron chi connectivity index (χ0n) is 14.0. The van der Waals surface area contributed by atoms with Crippen molar-refractivity contribution in [2.45, 2.75) is 33.2 Å². The summed E-state index contributed by atoms with van der Waals surface area (Å²) in [4.78, 5) is 26.2. The number of rotatable bonds is 5. The third kappa shape index (κ3) is 2.72. The van der Waals surface area contributed by atoms with Crippen LogP contribution in [0.1, 0.15) is 37.0 Å². The highest BCUT2D eigenvalue weighted by molar-refractivity contribution is 5.94. The van der Waals surface area contributed by atoms with Crippen LogP contribution in [0, 0.1) is 0 Å². The summed E-state index contributed by atoms with van der Waals surface area (Å²) in [6, 6.07) is 3.66. The maximum absolute atomic E-state index is 12.6. The SMILES string of the molecule is CCOc1cc2c(=O)c(C(=O)O)cn(CC)c2cc1N1CCCC1. The van der Waals surface area contributed by atoms with Gasteiger partial charge in [0.2, 0.25) is 5.43 Å². The molecule has 1 aromatic carbocycles. The van der Waals surface area contributed by atoms with Crippen LogP contribution in [0.5, 0.6) is 5.75 Å². The summed E-state index contributed by atoms with van der Waals surface area (Å²) in [7, 11) is 0. The van der Waals surface area contributed by atoms with E-state index >= 15 is 0 Å². The molecule has 0 amide bonds. The minimum atomic E-state index is -1.20. The Labute approximate surface area is 140 Å². The summed E-state index contributed by atoms with van der Waals surface area (Å²) >= 11 is 0. The van der Waals surface area contributed by atoms with Crippen molar-refractivity contribution >= 4 is 22.6 Å². The number of carbonyl (C=O) groups is 1. The van der Waals surface area contributed by atoms with Gasteiger partial charge in [-0.3, -0.25) is 4.79 Å². The smallest absolute Gasteiger partial charge is 0.341 e. The molecular weight excluding hydrogens is 308 g/mol. The molecule has 1 saturated heterocycles. The summed E-state index contributed by atoms with van der Waals surface area (Å²) in [5, 5.41) is 9.68. The molecule has 0 radical (unpaired) electrons. The first-order valence-corrected chi connectivity index (χ1v) is 8.39. The van der Waals surface area contributed by atoms with E-state index in [2.05, 4.69) is 4.90 Å². The lowest BCUT2D eigenvalue weighted by atomic mass is 10.1. The molecule has 0 atom stereocenters. The number of hydrogen-bond acceptors (Lipinski definition) is 4.